The molecule has 72 valence electrons. The zero-order chi connectivity index (χ0) is 8.81. The van der Waals surface area contributed by atoms with Gasteiger partial charge in [-0.3, -0.25) is 0 Å². The third-order valence-corrected chi connectivity index (χ3v) is 2.54. The molecule has 3 N–H and O–H groups in total. The van der Waals surface area contributed by atoms with E-state index in [0.29, 0.717) is 12.5 Å². The second-order valence-corrected chi connectivity index (χ2v) is 3.63. The zero-order valence-electron chi connectivity index (χ0n) is 7.71. The van der Waals surface area contributed by atoms with Gasteiger partial charge in [-0.05, 0) is 44.8 Å². The molecule has 3 heteroatoms. The molecule has 1 heterocycles. The maximum atomic E-state index is 8.98. The summed E-state index contributed by atoms with van der Waals surface area (Å²) in [6.45, 7) is 4.49. The van der Waals surface area contributed by atoms with E-state index in [1.165, 1.54) is 19.4 Å². The molecule has 1 saturated heterocycles. The molecule has 0 aromatic rings. The molecule has 0 unspecified atom stereocenters. The summed E-state index contributed by atoms with van der Waals surface area (Å²) >= 11 is 0. The van der Waals surface area contributed by atoms with Crippen LogP contribution in [0, 0.1) is 5.92 Å². The van der Waals surface area contributed by atoms with Crippen molar-refractivity contribution in [2.75, 3.05) is 32.8 Å². The maximum Gasteiger partial charge on any atom is 0.0471 e. The molecule has 0 spiro atoms. The lowest BCUT2D eigenvalue weighted by molar-refractivity contribution is 0.120. The number of hydrogen-bond acceptors (Lipinski definition) is 3. The molecule has 12 heavy (non-hydrogen) atoms. The molecule has 3 nitrogen and oxygen atoms in total. The fourth-order valence-corrected chi connectivity index (χ4v) is 1.82. The van der Waals surface area contributed by atoms with Crippen LogP contribution < -0.4 is 5.73 Å². The van der Waals surface area contributed by atoms with E-state index in [1.807, 2.05) is 0 Å². The fourth-order valence-electron chi connectivity index (χ4n) is 1.82. The number of aliphatic hydroxyl groups excluding tert-OH is 1. The lowest BCUT2D eigenvalue weighted by atomic mass is 9.99. The van der Waals surface area contributed by atoms with Crippen molar-refractivity contribution in [1.82, 2.24) is 4.90 Å². The highest BCUT2D eigenvalue weighted by Gasteiger charge is 2.17. The standard InChI is InChI=1S/C9H20N2O/c10-4-2-6-11-5-1-3-9(7-11)8-12/h9,12H,1-8,10H2/t9-/m1/s1. The minimum atomic E-state index is 0.346. The largest absolute Gasteiger partial charge is 0.396 e. The Morgan fingerprint density at radius 1 is 1.50 bits per heavy atom. The van der Waals surface area contributed by atoms with Crippen LogP contribution in [0.1, 0.15) is 19.3 Å². The molecule has 1 rings (SSSR count). The summed E-state index contributed by atoms with van der Waals surface area (Å²) < 4.78 is 0. The molecule has 0 saturated carbocycles. The lowest BCUT2D eigenvalue weighted by Crippen LogP contribution is -2.37. The number of hydrogen-bond donors (Lipinski definition) is 2. The Hall–Kier alpha value is -0.120. The van der Waals surface area contributed by atoms with E-state index in [0.717, 1.165) is 26.1 Å². The van der Waals surface area contributed by atoms with Crippen molar-refractivity contribution in [3.63, 3.8) is 0 Å². The van der Waals surface area contributed by atoms with Gasteiger partial charge in [0, 0.05) is 13.2 Å². The highest BCUT2D eigenvalue weighted by molar-refractivity contribution is 4.72. The van der Waals surface area contributed by atoms with Gasteiger partial charge in [0.2, 0.25) is 0 Å². The first kappa shape index (κ1) is 9.96. The van der Waals surface area contributed by atoms with Crippen molar-refractivity contribution in [3.05, 3.63) is 0 Å². The van der Waals surface area contributed by atoms with Crippen LogP contribution in [0.25, 0.3) is 0 Å². The molecule has 1 aliphatic heterocycles. The number of piperidine rings is 1. The summed E-state index contributed by atoms with van der Waals surface area (Å²) in [5.41, 5.74) is 5.44. The summed E-state index contributed by atoms with van der Waals surface area (Å²) in [4.78, 5) is 2.41. The monoisotopic (exact) mass is 172 g/mol. The average Bonchev–Trinajstić information content (AvgIpc) is 2.15. The van der Waals surface area contributed by atoms with Crippen LogP contribution in [0.4, 0.5) is 0 Å². The topological polar surface area (TPSA) is 49.5 Å². The number of nitrogens with zero attached hydrogens (tertiary/aromatic N) is 1. The maximum absolute atomic E-state index is 8.98. The number of aliphatic hydroxyl groups is 1. The van der Waals surface area contributed by atoms with Crippen molar-refractivity contribution in [2.24, 2.45) is 11.7 Å². The molecule has 1 atom stereocenters. The second-order valence-electron chi connectivity index (χ2n) is 3.63. The van der Waals surface area contributed by atoms with Gasteiger partial charge in [-0.2, -0.15) is 0 Å². The summed E-state index contributed by atoms with van der Waals surface area (Å²) in [6.07, 6.45) is 3.50. The van der Waals surface area contributed by atoms with E-state index in [2.05, 4.69) is 4.90 Å². The smallest absolute Gasteiger partial charge is 0.0471 e. The van der Waals surface area contributed by atoms with Gasteiger partial charge in [-0.15, -0.1) is 0 Å². The highest BCUT2D eigenvalue weighted by atomic mass is 16.3. The predicted molar refractivity (Wildman–Crippen MR) is 49.9 cm³/mol. The number of rotatable bonds is 4. The van der Waals surface area contributed by atoms with Gasteiger partial charge in [-0.25, -0.2) is 0 Å². The molecule has 0 aromatic heterocycles. The minimum Gasteiger partial charge on any atom is -0.396 e. The Labute approximate surface area is 74.5 Å². The molecule has 0 radical (unpaired) electrons. The summed E-state index contributed by atoms with van der Waals surface area (Å²) in [5.74, 6) is 0.511. The Kier molecular flexibility index (Phi) is 4.58. The van der Waals surface area contributed by atoms with Crippen LogP contribution in [0.2, 0.25) is 0 Å². The molecular formula is C9H20N2O. The van der Waals surface area contributed by atoms with Crippen molar-refractivity contribution in [2.45, 2.75) is 19.3 Å². The van der Waals surface area contributed by atoms with Crippen molar-refractivity contribution in [3.8, 4) is 0 Å². The van der Waals surface area contributed by atoms with Crippen LogP contribution in [-0.4, -0.2) is 42.8 Å². The van der Waals surface area contributed by atoms with Gasteiger partial charge < -0.3 is 15.7 Å². The van der Waals surface area contributed by atoms with E-state index in [-0.39, 0.29) is 0 Å². The van der Waals surface area contributed by atoms with Crippen LogP contribution in [0.5, 0.6) is 0 Å². The van der Waals surface area contributed by atoms with Gasteiger partial charge in [0.05, 0.1) is 0 Å². The van der Waals surface area contributed by atoms with E-state index >= 15 is 0 Å². The van der Waals surface area contributed by atoms with Crippen molar-refractivity contribution >= 4 is 0 Å². The lowest BCUT2D eigenvalue weighted by Gasteiger charge is -2.31. The summed E-state index contributed by atoms with van der Waals surface area (Å²) in [5, 5.41) is 8.98. The molecule has 0 bridgehead atoms. The molecule has 1 fully saturated rings. The predicted octanol–water partition coefficient (Wildman–Crippen LogP) is 0.0395. The van der Waals surface area contributed by atoms with E-state index in [9.17, 15) is 0 Å². The number of likely N-dealkylation sites (tertiary alicyclic amines) is 1. The van der Waals surface area contributed by atoms with Crippen molar-refractivity contribution < 1.29 is 5.11 Å². The van der Waals surface area contributed by atoms with E-state index < -0.39 is 0 Å². The Balaban J connectivity index is 2.16. The van der Waals surface area contributed by atoms with Crippen LogP contribution >= 0.6 is 0 Å². The van der Waals surface area contributed by atoms with Crippen molar-refractivity contribution in [1.29, 1.82) is 0 Å². The fraction of sp³-hybridized carbons (Fsp3) is 1.00. The summed E-state index contributed by atoms with van der Waals surface area (Å²) in [7, 11) is 0. The molecule has 0 amide bonds. The van der Waals surface area contributed by atoms with Gasteiger partial charge in [0.25, 0.3) is 0 Å². The molecule has 0 aliphatic carbocycles. The second kappa shape index (κ2) is 5.51. The summed E-state index contributed by atoms with van der Waals surface area (Å²) in [6, 6.07) is 0. The Morgan fingerprint density at radius 3 is 3.00 bits per heavy atom. The van der Waals surface area contributed by atoms with E-state index in [1.54, 1.807) is 0 Å². The van der Waals surface area contributed by atoms with Crippen LogP contribution in [0.15, 0.2) is 0 Å². The average molecular weight is 172 g/mol. The first-order chi connectivity index (χ1) is 5.86. The minimum absolute atomic E-state index is 0.346. The van der Waals surface area contributed by atoms with Crippen LogP contribution in [-0.2, 0) is 0 Å². The quantitative estimate of drug-likeness (QED) is 0.629. The first-order valence-corrected chi connectivity index (χ1v) is 4.90. The highest BCUT2D eigenvalue weighted by Crippen LogP contribution is 2.15. The zero-order valence-corrected chi connectivity index (χ0v) is 7.71. The first-order valence-electron chi connectivity index (χ1n) is 4.90. The molecule has 1 aliphatic rings. The van der Waals surface area contributed by atoms with Gasteiger partial charge in [0.15, 0.2) is 0 Å². The Morgan fingerprint density at radius 2 is 2.33 bits per heavy atom. The third kappa shape index (κ3) is 3.09. The molecular weight excluding hydrogens is 152 g/mol. The third-order valence-electron chi connectivity index (χ3n) is 2.54. The SMILES string of the molecule is NCCCN1CCC[C@@H](CO)C1. The Bertz CT molecular complexity index is 119. The number of nitrogens with two attached hydrogens (primary N) is 1. The normalized spacial score (nSPS) is 26.0. The van der Waals surface area contributed by atoms with Gasteiger partial charge >= 0.3 is 0 Å². The van der Waals surface area contributed by atoms with Gasteiger partial charge in [0.1, 0.15) is 0 Å². The molecule has 0 aromatic carbocycles. The van der Waals surface area contributed by atoms with Crippen LogP contribution in [0.3, 0.4) is 0 Å². The van der Waals surface area contributed by atoms with Gasteiger partial charge in [-0.1, -0.05) is 0 Å². The van der Waals surface area contributed by atoms with E-state index in [4.69, 9.17) is 10.8 Å².